The predicted octanol–water partition coefficient (Wildman–Crippen LogP) is 4.62. The molecule has 0 aromatic heterocycles. The Labute approximate surface area is 154 Å². The molecular formula is C17H11Cl3N2O2. The minimum absolute atomic E-state index is 0.178. The second kappa shape index (κ2) is 8.07. The minimum Gasteiger partial charge on any atom is -0.488 e. The quantitative estimate of drug-likeness (QED) is 0.606. The summed E-state index contributed by atoms with van der Waals surface area (Å²) < 4.78 is 5.73. The fourth-order valence-electron chi connectivity index (χ4n) is 1.87. The molecule has 4 nitrogen and oxygen atoms in total. The van der Waals surface area contributed by atoms with Crippen LogP contribution in [0.4, 0.5) is 0 Å². The van der Waals surface area contributed by atoms with Crippen molar-refractivity contribution in [1.82, 2.24) is 0 Å². The van der Waals surface area contributed by atoms with Gasteiger partial charge in [0.1, 0.15) is 24.0 Å². The van der Waals surface area contributed by atoms with Crippen LogP contribution in [0.2, 0.25) is 15.1 Å². The summed E-state index contributed by atoms with van der Waals surface area (Å²) in [5.74, 6) is -0.399. The van der Waals surface area contributed by atoms with E-state index in [0.717, 1.165) is 5.56 Å². The van der Waals surface area contributed by atoms with Crippen molar-refractivity contribution < 1.29 is 9.53 Å². The SMILES string of the molecule is N#C/C(=C\c1cc(Cl)ccc1OCc1ccc(Cl)cc1Cl)C(N)=O. The van der Waals surface area contributed by atoms with Gasteiger partial charge in [0.15, 0.2) is 0 Å². The van der Waals surface area contributed by atoms with Crippen molar-refractivity contribution >= 4 is 46.8 Å². The molecule has 2 rings (SSSR count). The summed E-state index contributed by atoms with van der Waals surface area (Å²) in [4.78, 5) is 11.2. The lowest BCUT2D eigenvalue weighted by atomic mass is 10.1. The summed E-state index contributed by atoms with van der Waals surface area (Å²) in [5, 5.41) is 10.4. The van der Waals surface area contributed by atoms with Gasteiger partial charge in [-0.2, -0.15) is 5.26 Å². The molecule has 0 aliphatic carbocycles. The van der Waals surface area contributed by atoms with E-state index in [4.69, 9.17) is 50.5 Å². The Morgan fingerprint density at radius 1 is 1.17 bits per heavy atom. The number of rotatable bonds is 5. The molecule has 0 heterocycles. The number of nitriles is 1. The summed E-state index contributed by atoms with van der Waals surface area (Å²) in [5.41, 5.74) is 6.14. The number of hydrogen-bond acceptors (Lipinski definition) is 3. The lowest BCUT2D eigenvalue weighted by Crippen LogP contribution is -2.12. The van der Waals surface area contributed by atoms with Crippen LogP contribution in [0.25, 0.3) is 6.08 Å². The number of halogens is 3. The number of carbonyl (C=O) groups is 1. The highest BCUT2D eigenvalue weighted by atomic mass is 35.5. The first-order chi connectivity index (χ1) is 11.4. The molecule has 24 heavy (non-hydrogen) atoms. The molecule has 0 atom stereocenters. The third kappa shape index (κ3) is 4.65. The van der Waals surface area contributed by atoms with Crippen molar-refractivity contribution in [1.29, 1.82) is 5.26 Å². The Balaban J connectivity index is 2.31. The Morgan fingerprint density at radius 2 is 1.83 bits per heavy atom. The number of ether oxygens (including phenoxy) is 1. The number of primary amides is 1. The molecule has 2 N–H and O–H groups in total. The van der Waals surface area contributed by atoms with Crippen molar-refractivity contribution in [3.8, 4) is 11.8 Å². The number of nitrogens with two attached hydrogens (primary N) is 1. The van der Waals surface area contributed by atoms with E-state index < -0.39 is 5.91 Å². The smallest absolute Gasteiger partial charge is 0.259 e. The van der Waals surface area contributed by atoms with Crippen LogP contribution in [0.5, 0.6) is 5.75 Å². The first-order valence-electron chi connectivity index (χ1n) is 6.68. The Hall–Kier alpha value is -2.19. The van der Waals surface area contributed by atoms with Gasteiger partial charge in [-0.25, -0.2) is 0 Å². The number of hydrogen-bond donors (Lipinski definition) is 1. The standard InChI is InChI=1S/C17H11Cl3N2O2/c18-13-3-4-16(11(6-13)5-12(8-21)17(22)23)24-9-10-1-2-14(19)7-15(10)20/h1-7H,9H2,(H2,22,23)/b12-5+. The Bertz CT molecular complexity index is 857. The fourth-order valence-corrected chi connectivity index (χ4v) is 2.52. The molecule has 0 aliphatic rings. The van der Waals surface area contributed by atoms with Gasteiger partial charge in [-0.05, 0) is 36.4 Å². The van der Waals surface area contributed by atoms with Gasteiger partial charge in [0.05, 0.1) is 0 Å². The van der Waals surface area contributed by atoms with Crippen LogP contribution >= 0.6 is 34.8 Å². The van der Waals surface area contributed by atoms with Gasteiger partial charge >= 0.3 is 0 Å². The molecule has 0 radical (unpaired) electrons. The molecular weight excluding hydrogens is 371 g/mol. The highest BCUT2D eigenvalue weighted by Crippen LogP contribution is 2.28. The van der Waals surface area contributed by atoms with Crippen LogP contribution in [0.15, 0.2) is 42.0 Å². The van der Waals surface area contributed by atoms with E-state index in [9.17, 15) is 4.79 Å². The predicted molar refractivity (Wildman–Crippen MR) is 95.0 cm³/mol. The summed E-state index contributed by atoms with van der Waals surface area (Å²) in [6, 6.07) is 11.6. The summed E-state index contributed by atoms with van der Waals surface area (Å²) >= 11 is 17.9. The van der Waals surface area contributed by atoms with Gasteiger partial charge in [-0.3, -0.25) is 4.79 Å². The van der Waals surface area contributed by atoms with Gasteiger partial charge in [0, 0.05) is 26.2 Å². The van der Waals surface area contributed by atoms with Crippen molar-refractivity contribution in [3.63, 3.8) is 0 Å². The molecule has 0 fully saturated rings. The second-order valence-electron chi connectivity index (χ2n) is 4.74. The van der Waals surface area contributed by atoms with Crippen LogP contribution in [0.1, 0.15) is 11.1 Å². The van der Waals surface area contributed by atoms with Crippen molar-refractivity contribution in [2.24, 2.45) is 5.73 Å². The molecule has 7 heteroatoms. The van der Waals surface area contributed by atoms with E-state index in [2.05, 4.69) is 0 Å². The number of amides is 1. The molecule has 2 aromatic carbocycles. The zero-order valence-corrected chi connectivity index (χ0v) is 14.5. The van der Waals surface area contributed by atoms with E-state index in [-0.39, 0.29) is 12.2 Å². The third-order valence-electron chi connectivity index (χ3n) is 3.06. The first kappa shape index (κ1) is 18.2. The minimum atomic E-state index is -0.829. The average Bonchev–Trinajstić information content (AvgIpc) is 2.52. The highest BCUT2D eigenvalue weighted by molar-refractivity contribution is 6.35. The lowest BCUT2D eigenvalue weighted by molar-refractivity contribution is -0.114. The summed E-state index contributed by atoms with van der Waals surface area (Å²) in [6.45, 7) is 0.178. The molecule has 122 valence electrons. The van der Waals surface area contributed by atoms with E-state index in [0.29, 0.717) is 26.4 Å². The summed E-state index contributed by atoms with van der Waals surface area (Å²) in [7, 11) is 0. The maximum atomic E-state index is 11.2. The normalized spacial score (nSPS) is 11.0. The number of benzene rings is 2. The van der Waals surface area contributed by atoms with Crippen LogP contribution in [0, 0.1) is 11.3 Å². The van der Waals surface area contributed by atoms with E-state index in [1.807, 2.05) is 0 Å². The third-order valence-corrected chi connectivity index (χ3v) is 3.88. The molecule has 0 saturated heterocycles. The molecule has 0 aliphatic heterocycles. The van der Waals surface area contributed by atoms with Gasteiger partial charge in [0.2, 0.25) is 0 Å². The number of nitrogens with zero attached hydrogens (tertiary/aromatic N) is 1. The lowest BCUT2D eigenvalue weighted by Gasteiger charge is -2.11. The highest BCUT2D eigenvalue weighted by Gasteiger charge is 2.09. The first-order valence-corrected chi connectivity index (χ1v) is 7.82. The topological polar surface area (TPSA) is 76.1 Å². The summed E-state index contributed by atoms with van der Waals surface area (Å²) in [6.07, 6.45) is 1.33. The molecule has 0 bridgehead atoms. The Morgan fingerprint density at radius 3 is 2.46 bits per heavy atom. The van der Waals surface area contributed by atoms with Crippen LogP contribution in [0.3, 0.4) is 0 Å². The molecule has 2 aromatic rings. The zero-order valence-electron chi connectivity index (χ0n) is 12.2. The number of carbonyl (C=O) groups excluding carboxylic acids is 1. The van der Waals surface area contributed by atoms with Crippen molar-refractivity contribution in [2.75, 3.05) is 0 Å². The van der Waals surface area contributed by atoms with Gasteiger partial charge in [-0.1, -0.05) is 40.9 Å². The molecule has 0 saturated carbocycles. The fraction of sp³-hybridized carbons (Fsp3) is 0.0588. The van der Waals surface area contributed by atoms with Crippen LogP contribution in [-0.2, 0) is 11.4 Å². The maximum absolute atomic E-state index is 11.2. The maximum Gasteiger partial charge on any atom is 0.259 e. The van der Waals surface area contributed by atoms with Crippen LogP contribution < -0.4 is 10.5 Å². The average molecular weight is 382 g/mol. The van der Waals surface area contributed by atoms with Crippen LogP contribution in [-0.4, -0.2) is 5.91 Å². The van der Waals surface area contributed by atoms with Crippen molar-refractivity contribution in [2.45, 2.75) is 6.61 Å². The van der Waals surface area contributed by atoms with E-state index in [1.54, 1.807) is 42.5 Å². The zero-order chi connectivity index (χ0) is 17.7. The van der Waals surface area contributed by atoms with Gasteiger partial charge < -0.3 is 10.5 Å². The van der Waals surface area contributed by atoms with E-state index >= 15 is 0 Å². The molecule has 0 spiro atoms. The van der Waals surface area contributed by atoms with Gasteiger partial charge in [0.25, 0.3) is 5.91 Å². The molecule has 0 unspecified atom stereocenters. The second-order valence-corrected chi connectivity index (χ2v) is 6.02. The Kier molecular flexibility index (Phi) is 6.10. The monoisotopic (exact) mass is 380 g/mol. The van der Waals surface area contributed by atoms with Crippen molar-refractivity contribution in [3.05, 3.63) is 68.2 Å². The largest absolute Gasteiger partial charge is 0.488 e. The molecule has 1 amide bonds. The van der Waals surface area contributed by atoms with Gasteiger partial charge in [-0.15, -0.1) is 0 Å². The van der Waals surface area contributed by atoms with E-state index in [1.165, 1.54) is 6.08 Å².